The van der Waals surface area contributed by atoms with Crippen LogP contribution in [0.5, 0.6) is 5.75 Å². The number of ketones is 1. The maximum Gasteiger partial charge on any atom is 0.168 e. The van der Waals surface area contributed by atoms with Gasteiger partial charge in [-0.1, -0.05) is 25.3 Å². The molecule has 3 nitrogen and oxygen atoms in total. The van der Waals surface area contributed by atoms with Crippen LogP contribution in [0.2, 0.25) is 0 Å². The van der Waals surface area contributed by atoms with Gasteiger partial charge >= 0.3 is 0 Å². The van der Waals surface area contributed by atoms with Crippen molar-refractivity contribution in [1.82, 2.24) is 0 Å². The van der Waals surface area contributed by atoms with Crippen LogP contribution in [0.3, 0.4) is 0 Å². The zero-order valence-electron chi connectivity index (χ0n) is 12.8. The van der Waals surface area contributed by atoms with Crippen LogP contribution in [-0.4, -0.2) is 25.1 Å². The highest BCUT2D eigenvalue weighted by atomic mass is 19.1. The fourth-order valence-electron chi connectivity index (χ4n) is 3.07. The normalized spacial score (nSPS) is 17.5. The maximum atomic E-state index is 13.7. The van der Waals surface area contributed by atoms with Gasteiger partial charge < -0.3 is 9.47 Å². The van der Waals surface area contributed by atoms with Crippen LogP contribution < -0.4 is 4.74 Å². The molecule has 1 fully saturated rings. The number of ether oxygens (including phenoxy) is 2. The van der Waals surface area contributed by atoms with Crippen LogP contribution >= 0.6 is 0 Å². The predicted octanol–water partition coefficient (Wildman–Crippen LogP) is 3.69. The fraction of sp³-hybridized carbons (Fsp3) is 0.588. The first-order valence-electron chi connectivity index (χ1n) is 7.61. The van der Waals surface area contributed by atoms with Crippen molar-refractivity contribution in [3.8, 4) is 5.75 Å². The van der Waals surface area contributed by atoms with E-state index in [1.54, 1.807) is 12.1 Å². The van der Waals surface area contributed by atoms with Gasteiger partial charge in [0.1, 0.15) is 5.60 Å². The molecule has 0 spiro atoms. The first-order chi connectivity index (χ1) is 10.1. The van der Waals surface area contributed by atoms with Crippen LogP contribution in [0.4, 0.5) is 4.39 Å². The minimum Gasteiger partial charge on any atom is -0.494 e. The Morgan fingerprint density at radius 3 is 2.57 bits per heavy atom. The summed E-state index contributed by atoms with van der Waals surface area (Å²) in [6.45, 7) is 2.44. The molecule has 0 radical (unpaired) electrons. The minimum atomic E-state index is -0.663. The number of hydrogen-bond donors (Lipinski definition) is 0. The third-order valence-electron chi connectivity index (χ3n) is 4.17. The lowest BCUT2D eigenvalue weighted by molar-refractivity contribution is -0.148. The molecule has 1 aromatic rings. The fourth-order valence-corrected chi connectivity index (χ4v) is 3.07. The van der Waals surface area contributed by atoms with E-state index in [2.05, 4.69) is 0 Å². The van der Waals surface area contributed by atoms with Crippen LogP contribution in [-0.2, 0) is 16.0 Å². The Labute approximate surface area is 125 Å². The van der Waals surface area contributed by atoms with Crippen LogP contribution in [0.15, 0.2) is 18.2 Å². The lowest BCUT2D eigenvalue weighted by atomic mass is 9.79. The second-order valence-electron chi connectivity index (χ2n) is 5.56. The highest BCUT2D eigenvalue weighted by molar-refractivity contribution is 5.89. The summed E-state index contributed by atoms with van der Waals surface area (Å²) in [5.41, 5.74) is 0.00611. The number of hydrogen-bond acceptors (Lipinski definition) is 3. The molecule has 1 aliphatic rings. The molecule has 1 aliphatic carbocycles. The predicted molar refractivity (Wildman–Crippen MR) is 79.1 cm³/mol. The van der Waals surface area contributed by atoms with E-state index in [4.69, 9.17) is 9.47 Å². The van der Waals surface area contributed by atoms with Crippen LogP contribution in [0, 0.1) is 5.82 Å². The summed E-state index contributed by atoms with van der Waals surface area (Å²) >= 11 is 0. The van der Waals surface area contributed by atoms with Crippen molar-refractivity contribution in [3.63, 3.8) is 0 Å². The molecular weight excluding hydrogens is 271 g/mol. The van der Waals surface area contributed by atoms with Crippen molar-refractivity contribution in [2.45, 2.75) is 51.0 Å². The van der Waals surface area contributed by atoms with Gasteiger partial charge in [-0.15, -0.1) is 0 Å². The summed E-state index contributed by atoms with van der Waals surface area (Å²) in [6.07, 6.45) is 4.95. The molecule has 0 unspecified atom stereocenters. The molecule has 116 valence electrons. The highest BCUT2D eigenvalue weighted by Gasteiger charge is 2.39. The van der Waals surface area contributed by atoms with Gasteiger partial charge in [-0.05, 0) is 37.5 Å². The molecular formula is C17H23FO3. The van der Waals surface area contributed by atoms with Crippen molar-refractivity contribution in [1.29, 1.82) is 0 Å². The summed E-state index contributed by atoms with van der Waals surface area (Å²) in [4.78, 5) is 12.7. The Morgan fingerprint density at radius 2 is 2.00 bits per heavy atom. The number of rotatable bonds is 6. The zero-order valence-corrected chi connectivity index (χ0v) is 12.8. The van der Waals surface area contributed by atoms with Crippen molar-refractivity contribution in [3.05, 3.63) is 29.6 Å². The summed E-state index contributed by atoms with van der Waals surface area (Å²) in [7, 11) is 1.43. The van der Waals surface area contributed by atoms with Gasteiger partial charge in [0.05, 0.1) is 7.11 Å². The molecule has 0 bridgehead atoms. The third-order valence-corrected chi connectivity index (χ3v) is 4.17. The first kappa shape index (κ1) is 16.0. The van der Waals surface area contributed by atoms with E-state index in [0.29, 0.717) is 12.2 Å². The Balaban J connectivity index is 2.13. The van der Waals surface area contributed by atoms with E-state index in [1.807, 2.05) is 6.92 Å². The zero-order chi connectivity index (χ0) is 15.3. The largest absolute Gasteiger partial charge is 0.494 e. The molecule has 0 heterocycles. The Kier molecular flexibility index (Phi) is 5.34. The second kappa shape index (κ2) is 7.03. The van der Waals surface area contributed by atoms with Gasteiger partial charge in [0.25, 0.3) is 0 Å². The van der Waals surface area contributed by atoms with Gasteiger partial charge in [-0.25, -0.2) is 4.39 Å². The molecule has 0 saturated heterocycles. The monoisotopic (exact) mass is 294 g/mol. The van der Waals surface area contributed by atoms with Gasteiger partial charge in [0, 0.05) is 13.0 Å². The van der Waals surface area contributed by atoms with Gasteiger partial charge in [-0.2, -0.15) is 0 Å². The van der Waals surface area contributed by atoms with Crippen LogP contribution in [0.25, 0.3) is 0 Å². The minimum absolute atomic E-state index is 0.0635. The molecule has 1 saturated carbocycles. The van der Waals surface area contributed by atoms with E-state index in [-0.39, 0.29) is 18.0 Å². The number of methoxy groups -OCH3 is 1. The molecule has 0 aromatic heterocycles. The maximum absolute atomic E-state index is 13.7. The Morgan fingerprint density at radius 1 is 1.29 bits per heavy atom. The lowest BCUT2D eigenvalue weighted by Crippen LogP contribution is -2.44. The SMILES string of the molecule is CCOC1(C(=O)Cc2ccc(OC)c(F)c2)CCCCC1. The molecule has 4 heteroatoms. The summed E-state index contributed by atoms with van der Waals surface area (Å²) < 4.78 is 24.4. The lowest BCUT2D eigenvalue weighted by Gasteiger charge is -2.35. The molecule has 2 rings (SSSR count). The van der Waals surface area contributed by atoms with Gasteiger partial charge in [0.2, 0.25) is 0 Å². The smallest absolute Gasteiger partial charge is 0.168 e. The average molecular weight is 294 g/mol. The van der Waals surface area contributed by atoms with Crippen molar-refractivity contribution in [2.75, 3.05) is 13.7 Å². The van der Waals surface area contributed by atoms with E-state index >= 15 is 0 Å². The molecule has 21 heavy (non-hydrogen) atoms. The molecule has 1 aromatic carbocycles. The quantitative estimate of drug-likeness (QED) is 0.802. The van der Waals surface area contributed by atoms with Crippen molar-refractivity contribution in [2.24, 2.45) is 0 Å². The Bertz CT molecular complexity index is 487. The van der Waals surface area contributed by atoms with E-state index in [9.17, 15) is 9.18 Å². The molecule has 0 N–H and O–H groups in total. The summed E-state index contributed by atoms with van der Waals surface area (Å²) in [5.74, 6) is -0.172. The topological polar surface area (TPSA) is 35.5 Å². The first-order valence-corrected chi connectivity index (χ1v) is 7.61. The Hall–Kier alpha value is -1.42. The number of Topliss-reactive ketones (excluding diaryl/α,β-unsaturated/α-hetero) is 1. The molecule has 0 atom stereocenters. The van der Waals surface area contributed by atoms with Crippen LogP contribution in [0.1, 0.15) is 44.6 Å². The molecule has 0 aliphatic heterocycles. The highest BCUT2D eigenvalue weighted by Crippen LogP contribution is 2.33. The van der Waals surface area contributed by atoms with Gasteiger partial charge in [-0.3, -0.25) is 4.79 Å². The van der Waals surface area contributed by atoms with E-state index in [0.717, 1.165) is 32.1 Å². The number of carbonyl (C=O) groups excluding carboxylic acids is 1. The average Bonchev–Trinajstić information content (AvgIpc) is 2.48. The standard InChI is InChI=1S/C17H23FO3/c1-3-21-17(9-5-4-6-10-17)16(19)12-13-7-8-15(20-2)14(18)11-13/h7-8,11H,3-6,9-10,12H2,1-2H3. The number of benzene rings is 1. The van der Waals surface area contributed by atoms with Gasteiger partial charge in [0.15, 0.2) is 17.3 Å². The molecule has 0 amide bonds. The summed E-state index contributed by atoms with van der Waals surface area (Å²) in [5, 5.41) is 0. The van der Waals surface area contributed by atoms with E-state index < -0.39 is 11.4 Å². The number of halogens is 1. The third kappa shape index (κ3) is 3.62. The van der Waals surface area contributed by atoms with E-state index in [1.165, 1.54) is 13.2 Å². The van der Waals surface area contributed by atoms with Crippen molar-refractivity contribution >= 4 is 5.78 Å². The summed E-state index contributed by atoms with van der Waals surface area (Å²) in [6, 6.07) is 4.67. The van der Waals surface area contributed by atoms with Crippen molar-refractivity contribution < 1.29 is 18.7 Å². The number of carbonyl (C=O) groups is 1. The second-order valence-corrected chi connectivity index (χ2v) is 5.56.